The topological polar surface area (TPSA) is 134 Å². The van der Waals surface area contributed by atoms with E-state index in [2.05, 4.69) is 31.3 Å². The van der Waals surface area contributed by atoms with Crippen molar-refractivity contribution in [3.05, 3.63) is 74.3 Å². The highest BCUT2D eigenvalue weighted by Crippen LogP contribution is 2.20. The molecule has 10 heteroatoms. The molecule has 1 N–H and O–H groups in total. The molecular formula is C22H23N3O7. The molecule has 1 heterocycles. The van der Waals surface area contributed by atoms with Gasteiger partial charge in [0.1, 0.15) is 6.54 Å². The second-order valence-electron chi connectivity index (χ2n) is 7.52. The zero-order valence-corrected chi connectivity index (χ0v) is 17.7. The molecule has 0 atom stereocenters. The summed E-state index contributed by atoms with van der Waals surface area (Å²) in [6, 6.07) is 11.8. The number of nitro groups is 1. The minimum atomic E-state index is -0.856. The van der Waals surface area contributed by atoms with E-state index >= 15 is 0 Å². The largest absolute Gasteiger partial charge is 0.454 e. The monoisotopic (exact) mass is 441 g/mol. The summed E-state index contributed by atoms with van der Waals surface area (Å²) in [6.45, 7) is 3.66. The Bertz CT molecular complexity index is 1190. The number of oxazole rings is 1. The molecule has 0 unspecified atom stereocenters. The summed E-state index contributed by atoms with van der Waals surface area (Å²) in [7, 11) is 0. The normalized spacial score (nSPS) is 11.0. The average molecular weight is 441 g/mol. The number of fused-ring (bicyclic) bond motifs is 1. The lowest BCUT2D eigenvalue weighted by atomic mass is 10.0. The zero-order chi connectivity index (χ0) is 23.3. The summed E-state index contributed by atoms with van der Waals surface area (Å²) >= 11 is 0. The Morgan fingerprint density at radius 2 is 1.91 bits per heavy atom. The number of benzene rings is 2. The number of non-ortho nitro benzene ring substituents is 1. The number of aromatic nitrogens is 1. The number of carbonyl (C=O) groups is 2. The van der Waals surface area contributed by atoms with Crippen molar-refractivity contribution in [2.75, 3.05) is 13.2 Å². The maximum absolute atomic E-state index is 12.1. The molecule has 2 aromatic carbocycles. The van der Waals surface area contributed by atoms with E-state index in [1.54, 1.807) is 0 Å². The van der Waals surface area contributed by atoms with Crippen LogP contribution < -0.4 is 11.1 Å². The van der Waals surface area contributed by atoms with Gasteiger partial charge in [-0.15, -0.1) is 0 Å². The molecule has 0 bridgehead atoms. The second kappa shape index (κ2) is 9.90. The van der Waals surface area contributed by atoms with E-state index in [-0.39, 0.29) is 16.8 Å². The fraction of sp³-hybridized carbons (Fsp3) is 0.318. The van der Waals surface area contributed by atoms with E-state index < -0.39 is 35.7 Å². The van der Waals surface area contributed by atoms with E-state index in [1.165, 1.54) is 17.7 Å². The van der Waals surface area contributed by atoms with Crippen molar-refractivity contribution in [3.8, 4) is 0 Å². The van der Waals surface area contributed by atoms with E-state index in [9.17, 15) is 24.5 Å². The number of hydrogen-bond donors (Lipinski definition) is 1. The Balaban J connectivity index is 1.47. The highest BCUT2D eigenvalue weighted by Gasteiger charge is 2.17. The van der Waals surface area contributed by atoms with E-state index in [0.29, 0.717) is 18.9 Å². The van der Waals surface area contributed by atoms with Crippen molar-refractivity contribution in [2.24, 2.45) is 0 Å². The first-order chi connectivity index (χ1) is 15.2. The van der Waals surface area contributed by atoms with Crippen LogP contribution in [-0.2, 0) is 27.3 Å². The molecule has 0 spiro atoms. The van der Waals surface area contributed by atoms with Gasteiger partial charge in [0.25, 0.3) is 11.6 Å². The third-order valence-corrected chi connectivity index (χ3v) is 4.90. The van der Waals surface area contributed by atoms with Gasteiger partial charge in [0.15, 0.2) is 12.2 Å². The number of nitro benzene ring substituents is 1. The maximum Gasteiger partial charge on any atom is 0.420 e. The van der Waals surface area contributed by atoms with Crippen LogP contribution in [0.5, 0.6) is 0 Å². The summed E-state index contributed by atoms with van der Waals surface area (Å²) in [6.07, 6.45) is 0.639. The Morgan fingerprint density at radius 1 is 1.19 bits per heavy atom. The molecule has 1 amide bonds. The Morgan fingerprint density at radius 3 is 2.56 bits per heavy atom. The molecule has 0 fully saturated rings. The van der Waals surface area contributed by atoms with Crippen molar-refractivity contribution >= 4 is 28.7 Å². The van der Waals surface area contributed by atoms with Crippen LogP contribution in [0, 0.1) is 10.1 Å². The lowest BCUT2D eigenvalue weighted by Crippen LogP contribution is -2.31. The van der Waals surface area contributed by atoms with Crippen LogP contribution in [0.4, 0.5) is 5.69 Å². The van der Waals surface area contributed by atoms with Gasteiger partial charge in [0.05, 0.1) is 16.5 Å². The number of ether oxygens (including phenoxy) is 1. The molecule has 0 radical (unpaired) electrons. The molecule has 0 aliphatic carbocycles. The molecule has 3 aromatic rings. The van der Waals surface area contributed by atoms with Gasteiger partial charge in [-0.05, 0) is 29.5 Å². The van der Waals surface area contributed by atoms with Gasteiger partial charge in [-0.3, -0.25) is 24.3 Å². The van der Waals surface area contributed by atoms with E-state index in [4.69, 9.17) is 9.15 Å². The van der Waals surface area contributed by atoms with Gasteiger partial charge in [-0.1, -0.05) is 38.1 Å². The van der Waals surface area contributed by atoms with Gasteiger partial charge in [0, 0.05) is 12.6 Å². The van der Waals surface area contributed by atoms with E-state index in [1.807, 2.05) is 12.1 Å². The van der Waals surface area contributed by atoms with Crippen molar-refractivity contribution < 1.29 is 23.7 Å². The summed E-state index contributed by atoms with van der Waals surface area (Å²) in [5, 5.41) is 13.5. The fourth-order valence-electron chi connectivity index (χ4n) is 3.11. The Labute approximate surface area is 182 Å². The SMILES string of the molecule is CC(C)c1ccc(CCNC(=O)COC(=O)Cn2c(=O)oc3cc([N+](=O)[O-])ccc32)cc1. The van der Waals surface area contributed by atoms with Gasteiger partial charge in [0.2, 0.25) is 0 Å². The van der Waals surface area contributed by atoms with Gasteiger partial charge < -0.3 is 14.5 Å². The summed E-state index contributed by atoms with van der Waals surface area (Å²) in [4.78, 5) is 46.2. The third-order valence-electron chi connectivity index (χ3n) is 4.90. The first-order valence-electron chi connectivity index (χ1n) is 10.0. The quantitative estimate of drug-likeness (QED) is 0.306. The lowest BCUT2D eigenvalue weighted by molar-refractivity contribution is -0.384. The number of esters is 1. The Kier molecular flexibility index (Phi) is 7.04. The molecule has 1 aromatic heterocycles. The molecule has 3 rings (SSSR count). The van der Waals surface area contributed by atoms with Crippen molar-refractivity contribution in [3.63, 3.8) is 0 Å². The van der Waals surface area contributed by atoms with Crippen molar-refractivity contribution in [1.82, 2.24) is 9.88 Å². The minimum Gasteiger partial charge on any atom is -0.454 e. The van der Waals surface area contributed by atoms with Crippen LogP contribution in [0.1, 0.15) is 30.9 Å². The van der Waals surface area contributed by atoms with Crippen LogP contribution in [0.3, 0.4) is 0 Å². The summed E-state index contributed by atoms with van der Waals surface area (Å²) < 4.78 is 10.9. The van der Waals surface area contributed by atoms with Gasteiger partial charge in [-0.25, -0.2) is 4.79 Å². The second-order valence-corrected chi connectivity index (χ2v) is 7.52. The number of nitrogens with zero attached hydrogens (tertiary/aromatic N) is 2. The molecule has 32 heavy (non-hydrogen) atoms. The van der Waals surface area contributed by atoms with Crippen LogP contribution in [-0.4, -0.2) is 34.5 Å². The highest BCUT2D eigenvalue weighted by molar-refractivity contribution is 5.81. The van der Waals surface area contributed by atoms with Gasteiger partial charge in [-0.2, -0.15) is 0 Å². The number of carbonyl (C=O) groups excluding carboxylic acids is 2. The van der Waals surface area contributed by atoms with Crippen molar-refractivity contribution in [1.29, 1.82) is 0 Å². The molecule has 10 nitrogen and oxygen atoms in total. The first kappa shape index (κ1) is 22.7. The van der Waals surface area contributed by atoms with Crippen LogP contribution in [0.2, 0.25) is 0 Å². The smallest absolute Gasteiger partial charge is 0.420 e. The van der Waals surface area contributed by atoms with Crippen molar-refractivity contribution in [2.45, 2.75) is 32.7 Å². The molecule has 0 aliphatic rings. The van der Waals surface area contributed by atoms with E-state index in [0.717, 1.165) is 16.2 Å². The van der Waals surface area contributed by atoms with Crippen LogP contribution in [0.25, 0.3) is 11.1 Å². The summed E-state index contributed by atoms with van der Waals surface area (Å²) in [5.74, 6) is -1.68. The molecular weight excluding hydrogens is 418 g/mol. The lowest BCUT2D eigenvalue weighted by Gasteiger charge is -2.08. The predicted octanol–water partition coefficient (Wildman–Crippen LogP) is 2.53. The number of hydrogen-bond acceptors (Lipinski definition) is 7. The molecule has 0 aliphatic heterocycles. The number of rotatable bonds is 9. The standard InChI is InChI=1S/C22H23N3O7/c1-14(2)16-5-3-15(4-6-16)9-10-23-20(26)13-31-21(27)12-24-18-8-7-17(25(29)30)11-19(18)32-22(24)28/h3-8,11,14H,9-10,12-13H2,1-2H3,(H,23,26). The predicted molar refractivity (Wildman–Crippen MR) is 115 cm³/mol. The highest BCUT2D eigenvalue weighted by atomic mass is 16.6. The maximum atomic E-state index is 12.1. The van der Waals surface area contributed by atoms with Gasteiger partial charge >= 0.3 is 11.7 Å². The molecule has 168 valence electrons. The fourth-order valence-corrected chi connectivity index (χ4v) is 3.11. The number of nitrogens with one attached hydrogen (secondary N) is 1. The third kappa shape index (κ3) is 5.60. The van der Waals surface area contributed by atoms with Crippen LogP contribution >= 0.6 is 0 Å². The minimum absolute atomic E-state index is 0.0174. The van der Waals surface area contributed by atoms with Crippen LogP contribution in [0.15, 0.2) is 51.7 Å². The molecule has 0 saturated carbocycles. The average Bonchev–Trinajstić information content (AvgIpc) is 3.06. The summed E-state index contributed by atoms with van der Waals surface area (Å²) in [5.41, 5.74) is 2.28. The molecule has 0 saturated heterocycles. The zero-order valence-electron chi connectivity index (χ0n) is 17.7. The Hall–Kier alpha value is -3.95. The first-order valence-corrected chi connectivity index (χ1v) is 10.0. The number of amides is 1.